The second kappa shape index (κ2) is 3.75. The lowest BCUT2D eigenvalue weighted by Crippen LogP contribution is -1.98. The number of benzene rings is 1. The van der Waals surface area contributed by atoms with Crippen LogP contribution in [0.25, 0.3) is 4.85 Å². The molecule has 1 aromatic carbocycles. The molecule has 2 rings (SSSR count). The lowest BCUT2D eigenvalue weighted by Gasteiger charge is -2.01. The molecule has 0 atom stereocenters. The van der Waals surface area contributed by atoms with E-state index in [0.29, 0.717) is 5.69 Å². The fraction of sp³-hybridized carbons (Fsp3) is 0.0909. The minimum Gasteiger partial charge on any atom is -0.268 e. The van der Waals surface area contributed by atoms with Gasteiger partial charge in [-0.15, -0.1) is 0 Å². The van der Waals surface area contributed by atoms with Crippen LogP contribution < -0.4 is 0 Å². The molecule has 2 aromatic rings. The van der Waals surface area contributed by atoms with Crippen molar-refractivity contribution in [1.82, 2.24) is 9.78 Å². The Balaban J connectivity index is 2.22. The van der Waals surface area contributed by atoms with Gasteiger partial charge in [-0.25, -0.2) is 4.85 Å². The van der Waals surface area contributed by atoms with Gasteiger partial charge in [0.25, 0.3) is 0 Å². The average Bonchev–Trinajstić information content (AvgIpc) is 2.71. The molecule has 0 saturated heterocycles. The Morgan fingerprint density at radius 1 is 1.36 bits per heavy atom. The minimum atomic E-state index is 0.676. The summed E-state index contributed by atoms with van der Waals surface area (Å²) < 4.78 is 1.84. The summed E-state index contributed by atoms with van der Waals surface area (Å²) in [5.74, 6) is 0. The van der Waals surface area contributed by atoms with Crippen LogP contribution in [-0.2, 0) is 6.54 Å². The van der Waals surface area contributed by atoms with Crippen molar-refractivity contribution in [3.8, 4) is 0 Å². The Hall–Kier alpha value is -2.08. The van der Waals surface area contributed by atoms with Crippen LogP contribution >= 0.6 is 0 Å². The molecule has 0 spiro atoms. The number of nitrogens with zero attached hydrogens (tertiary/aromatic N) is 3. The molecule has 1 heterocycles. The zero-order chi connectivity index (χ0) is 9.80. The van der Waals surface area contributed by atoms with Crippen molar-refractivity contribution in [2.24, 2.45) is 0 Å². The molecule has 0 saturated carbocycles. The predicted octanol–water partition coefficient (Wildman–Crippen LogP) is 2.48. The van der Waals surface area contributed by atoms with E-state index >= 15 is 0 Å². The Morgan fingerprint density at radius 2 is 2.29 bits per heavy atom. The predicted molar refractivity (Wildman–Crippen MR) is 54.0 cm³/mol. The third-order valence-electron chi connectivity index (χ3n) is 1.94. The summed E-state index contributed by atoms with van der Waals surface area (Å²) in [6.07, 6.45) is 3.66. The second-order valence-electron chi connectivity index (χ2n) is 2.99. The Morgan fingerprint density at radius 3 is 3.00 bits per heavy atom. The lowest BCUT2D eigenvalue weighted by molar-refractivity contribution is 0.687. The van der Waals surface area contributed by atoms with Gasteiger partial charge in [0.15, 0.2) is 5.69 Å². The van der Waals surface area contributed by atoms with Crippen LogP contribution in [0.4, 0.5) is 5.69 Å². The minimum absolute atomic E-state index is 0.676. The second-order valence-corrected chi connectivity index (χ2v) is 2.99. The third-order valence-corrected chi connectivity index (χ3v) is 1.94. The first-order valence-corrected chi connectivity index (χ1v) is 4.32. The third kappa shape index (κ3) is 1.80. The van der Waals surface area contributed by atoms with E-state index in [0.717, 1.165) is 12.1 Å². The maximum Gasteiger partial charge on any atom is 0.187 e. The molecule has 0 N–H and O–H groups in total. The van der Waals surface area contributed by atoms with Gasteiger partial charge >= 0.3 is 0 Å². The van der Waals surface area contributed by atoms with Crippen LogP contribution in [0.5, 0.6) is 0 Å². The number of rotatable bonds is 2. The van der Waals surface area contributed by atoms with E-state index in [9.17, 15) is 0 Å². The van der Waals surface area contributed by atoms with Gasteiger partial charge in [0, 0.05) is 12.4 Å². The quantitative estimate of drug-likeness (QED) is 0.655. The van der Waals surface area contributed by atoms with Crippen molar-refractivity contribution >= 4 is 5.69 Å². The van der Waals surface area contributed by atoms with Gasteiger partial charge in [0.05, 0.1) is 13.1 Å². The molecule has 1 aromatic heterocycles. The monoisotopic (exact) mass is 183 g/mol. The highest BCUT2D eigenvalue weighted by Crippen LogP contribution is 2.14. The van der Waals surface area contributed by atoms with E-state index in [2.05, 4.69) is 9.94 Å². The zero-order valence-corrected chi connectivity index (χ0v) is 7.59. The molecule has 0 amide bonds. The van der Waals surface area contributed by atoms with E-state index in [1.165, 1.54) is 0 Å². The Bertz CT molecular complexity index is 452. The zero-order valence-electron chi connectivity index (χ0n) is 7.59. The highest BCUT2D eigenvalue weighted by molar-refractivity contribution is 5.46. The fourth-order valence-electron chi connectivity index (χ4n) is 1.31. The Labute approximate surface area is 82.4 Å². The van der Waals surface area contributed by atoms with Crippen molar-refractivity contribution in [3.05, 3.63) is 59.7 Å². The van der Waals surface area contributed by atoms with Gasteiger partial charge in [-0.2, -0.15) is 5.10 Å². The first kappa shape index (κ1) is 8.52. The van der Waals surface area contributed by atoms with E-state index in [4.69, 9.17) is 6.57 Å². The molecule has 0 radical (unpaired) electrons. The molecule has 0 aliphatic heterocycles. The standard InChI is InChI=1S/C11H9N3/c1-12-11-5-2-4-10(8-11)9-14-7-3-6-13-14/h2-8H,9H2. The van der Waals surface area contributed by atoms with Crippen molar-refractivity contribution in [2.45, 2.75) is 6.54 Å². The van der Waals surface area contributed by atoms with E-state index in [1.54, 1.807) is 12.3 Å². The molecule has 3 nitrogen and oxygen atoms in total. The van der Waals surface area contributed by atoms with E-state index < -0.39 is 0 Å². The van der Waals surface area contributed by atoms with Gasteiger partial charge in [0.1, 0.15) is 0 Å². The molecule has 0 fully saturated rings. The largest absolute Gasteiger partial charge is 0.268 e. The summed E-state index contributed by atoms with van der Waals surface area (Å²) in [7, 11) is 0. The average molecular weight is 183 g/mol. The van der Waals surface area contributed by atoms with Crippen LogP contribution in [0.2, 0.25) is 0 Å². The van der Waals surface area contributed by atoms with Crippen molar-refractivity contribution in [2.75, 3.05) is 0 Å². The van der Waals surface area contributed by atoms with Gasteiger partial charge in [-0.05, 0) is 11.6 Å². The highest BCUT2D eigenvalue weighted by atomic mass is 15.3. The fourth-order valence-corrected chi connectivity index (χ4v) is 1.31. The van der Waals surface area contributed by atoms with Gasteiger partial charge in [0.2, 0.25) is 0 Å². The number of aromatic nitrogens is 2. The van der Waals surface area contributed by atoms with E-state index in [-0.39, 0.29) is 0 Å². The summed E-state index contributed by atoms with van der Waals surface area (Å²) in [5, 5.41) is 4.11. The topological polar surface area (TPSA) is 22.2 Å². The van der Waals surface area contributed by atoms with Crippen LogP contribution in [0.15, 0.2) is 42.7 Å². The summed E-state index contributed by atoms with van der Waals surface area (Å²) in [4.78, 5) is 3.38. The van der Waals surface area contributed by atoms with E-state index in [1.807, 2.05) is 35.1 Å². The number of hydrogen-bond acceptors (Lipinski definition) is 1. The normalized spacial score (nSPS) is 9.64. The van der Waals surface area contributed by atoms with Crippen LogP contribution in [0.1, 0.15) is 5.56 Å². The molecule has 0 aliphatic rings. The molecule has 0 bridgehead atoms. The van der Waals surface area contributed by atoms with Gasteiger partial charge in [-0.1, -0.05) is 24.3 Å². The molecular weight excluding hydrogens is 174 g/mol. The van der Waals surface area contributed by atoms with Crippen LogP contribution in [0, 0.1) is 6.57 Å². The van der Waals surface area contributed by atoms with Gasteiger partial charge < -0.3 is 0 Å². The smallest absolute Gasteiger partial charge is 0.187 e. The highest BCUT2D eigenvalue weighted by Gasteiger charge is 1.96. The summed E-state index contributed by atoms with van der Waals surface area (Å²) in [5.41, 5.74) is 1.77. The van der Waals surface area contributed by atoms with Crippen LogP contribution in [0.3, 0.4) is 0 Å². The van der Waals surface area contributed by atoms with Gasteiger partial charge in [-0.3, -0.25) is 4.68 Å². The first-order chi connectivity index (χ1) is 6.88. The molecule has 3 heteroatoms. The summed E-state index contributed by atoms with van der Waals surface area (Å²) in [6, 6.07) is 9.47. The Kier molecular flexibility index (Phi) is 2.28. The summed E-state index contributed by atoms with van der Waals surface area (Å²) in [6.45, 7) is 7.61. The number of hydrogen-bond donors (Lipinski definition) is 0. The SMILES string of the molecule is [C-]#[N+]c1cccc(Cn2cccn2)c1. The van der Waals surface area contributed by atoms with Crippen LogP contribution in [-0.4, -0.2) is 9.78 Å². The first-order valence-electron chi connectivity index (χ1n) is 4.32. The molecule has 0 unspecified atom stereocenters. The molecule has 68 valence electrons. The molecule has 0 aliphatic carbocycles. The molecular formula is C11H9N3. The summed E-state index contributed by atoms with van der Waals surface area (Å²) >= 11 is 0. The van der Waals surface area contributed by atoms with Crippen molar-refractivity contribution < 1.29 is 0 Å². The van der Waals surface area contributed by atoms with Crippen molar-refractivity contribution in [3.63, 3.8) is 0 Å². The lowest BCUT2D eigenvalue weighted by atomic mass is 10.2. The van der Waals surface area contributed by atoms with Crippen molar-refractivity contribution in [1.29, 1.82) is 0 Å². The molecule has 14 heavy (non-hydrogen) atoms. The maximum absolute atomic E-state index is 6.89. The maximum atomic E-state index is 6.89.